The molecule has 0 saturated heterocycles. The number of methoxy groups -OCH3 is 1. The molecule has 3 heterocycles. The van der Waals surface area contributed by atoms with E-state index in [1.54, 1.807) is 18.3 Å². The lowest BCUT2D eigenvalue weighted by Crippen LogP contribution is -2.11. The van der Waals surface area contributed by atoms with Crippen molar-refractivity contribution in [1.82, 2.24) is 24.6 Å². The molecular formula is C19H21N5O2. The number of hydrogen-bond donors (Lipinski definition) is 1. The summed E-state index contributed by atoms with van der Waals surface area (Å²) in [7, 11) is 1.38. The quantitative estimate of drug-likeness (QED) is 0.729. The summed E-state index contributed by atoms with van der Waals surface area (Å²) >= 11 is 0. The lowest BCUT2D eigenvalue weighted by atomic mass is 10.1. The first-order chi connectivity index (χ1) is 12.7. The summed E-state index contributed by atoms with van der Waals surface area (Å²) in [5, 5.41) is 8.15. The second kappa shape index (κ2) is 7.13. The molecule has 1 aliphatic rings. The number of esters is 1. The van der Waals surface area contributed by atoms with Gasteiger partial charge in [0.05, 0.1) is 18.4 Å². The zero-order valence-corrected chi connectivity index (χ0v) is 14.7. The second-order valence-corrected chi connectivity index (χ2v) is 6.34. The van der Waals surface area contributed by atoms with E-state index in [0.717, 1.165) is 43.1 Å². The number of nitrogens with zero attached hydrogens (tertiary/aromatic N) is 4. The van der Waals surface area contributed by atoms with Gasteiger partial charge >= 0.3 is 5.97 Å². The first kappa shape index (κ1) is 16.5. The predicted molar refractivity (Wildman–Crippen MR) is 96.7 cm³/mol. The minimum atomic E-state index is -0.326. The average Bonchev–Trinajstić information content (AvgIpc) is 3.23. The van der Waals surface area contributed by atoms with Gasteiger partial charge in [-0.05, 0) is 36.7 Å². The number of aromatic nitrogens is 4. The van der Waals surface area contributed by atoms with E-state index >= 15 is 0 Å². The van der Waals surface area contributed by atoms with Crippen LogP contribution in [0.3, 0.4) is 0 Å². The monoisotopic (exact) mass is 351 g/mol. The van der Waals surface area contributed by atoms with Gasteiger partial charge in [-0.15, -0.1) is 0 Å². The highest BCUT2D eigenvalue weighted by Crippen LogP contribution is 2.20. The number of nitrogens with one attached hydrogen (secondary N) is 1. The van der Waals surface area contributed by atoms with Crippen LogP contribution < -0.4 is 5.32 Å². The number of carbonyl (C=O) groups is 1. The maximum Gasteiger partial charge on any atom is 0.337 e. The third-order valence-electron chi connectivity index (χ3n) is 4.57. The third-order valence-corrected chi connectivity index (χ3v) is 4.57. The first-order valence-electron chi connectivity index (χ1n) is 8.71. The topological polar surface area (TPSA) is 74.0 Å². The van der Waals surface area contributed by atoms with Crippen LogP contribution in [0.15, 0.2) is 42.7 Å². The highest BCUT2D eigenvalue weighted by atomic mass is 16.5. The zero-order chi connectivity index (χ0) is 17.9. The summed E-state index contributed by atoms with van der Waals surface area (Å²) in [6.07, 6.45) is 4.82. The molecule has 0 spiro atoms. The molecule has 0 saturated carbocycles. The number of fused-ring (bicyclic) bond motifs is 1. The molecule has 26 heavy (non-hydrogen) atoms. The Morgan fingerprint density at radius 2 is 2.15 bits per heavy atom. The molecular weight excluding hydrogens is 330 g/mol. The molecule has 1 aromatic carbocycles. The lowest BCUT2D eigenvalue weighted by molar-refractivity contribution is 0.0600. The minimum Gasteiger partial charge on any atom is -0.465 e. The van der Waals surface area contributed by atoms with Gasteiger partial charge in [0, 0.05) is 32.0 Å². The molecule has 0 unspecified atom stereocenters. The standard InChI is InChI=1S/C19H21N5O2/c1-26-19(25)15-5-3-14(4-6-15)13-23-10-8-21-18(23)17-11-16-12-20-7-2-9-24(16)22-17/h3-6,8,10-11,20H,2,7,9,12-13H2,1H3. The van der Waals surface area contributed by atoms with Crippen LogP contribution in [0.5, 0.6) is 0 Å². The van der Waals surface area contributed by atoms with E-state index in [2.05, 4.69) is 25.6 Å². The molecule has 4 rings (SSSR count). The van der Waals surface area contributed by atoms with Gasteiger partial charge < -0.3 is 14.6 Å². The number of carbonyl (C=O) groups excluding carboxylic acids is 1. The highest BCUT2D eigenvalue weighted by molar-refractivity contribution is 5.89. The Balaban J connectivity index is 1.57. The number of aryl methyl sites for hydroxylation is 1. The van der Waals surface area contributed by atoms with Crippen LogP contribution in [-0.2, 0) is 24.4 Å². The van der Waals surface area contributed by atoms with Crippen LogP contribution in [0.2, 0.25) is 0 Å². The Morgan fingerprint density at radius 1 is 1.31 bits per heavy atom. The Labute approximate surface area is 151 Å². The largest absolute Gasteiger partial charge is 0.465 e. The average molecular weight is 351 g/mol. The van der Waals surface area contributed by atoms with Gasteiger partial charge in [0.2, 0.25) is 0 Å². The summed E-state index contributed by atoms with van der Waals surface area (Å²) in [4.78, 5) is 16.0. The third kappa shape index (κ3) is 3.25. The molecule has 0 aliphatic carbocycles. The first-order valence-corrected chi connectivity index (χ1v) is 8.71. The van der Waals surface area contributed by atoms with E-state index in [4.69, 9.17) is 9.84 Å². The van der Waals surface area contributed by atoms with Crippen molar-refractivity contribution < 1.29 is 9.53 Å². The van der Waals surface area contributed by atoms with Gasteiger partial charge in [0.1, 0.15) is 5.69 Å². The lowest BCUT2D eigenvalue weighted by Gasteiger charge is -2.07. The van der Waals surface area contributed by atoms with Crippen molar-refractivity contribution in [3.8, 4) is 11.5 Å². The van der Waals surface area contributed by atoms with Crippen LogP contribution in [-0.4, -0.2) is 39.0 Å². The van der Waals surface area contributed by atoms with Crippen LogP contribution >= 0.6 is 0 Å². The van der Waals surface area contributed by atoms with Gasteiger partial charge in [0.15, 0.2) is 5.82 Å². The zero-order valence-electron chi connectivity index (χ0n) is 14.7. The van der Waals surface area contributed by atoms with Crippen LogP contribution in [0.1, 0.15) is 28.0 Å². The molecule has 1 N–H and O–H groups in total. The van der Waals surface area contributed by atoms with E-state index < -0.39 is 0 Å². The fourth-order valence-electron chi connectivity index (χ4n) is 3.20. The number of ether oxygens (including phenoxy) is 1. The molecule has 1 aliphatic heterocycles. The maximum absolute atomic E-state index is 11.5. The number of benzene rings is 1. The number of imidazole rings is 1. The fraction of sp³-hybridized carbons (Fsp3) is 0.316. The van der Waals surface area contributed by atoms with E-state index in [1.165, 1.54) is 12.8 Å². The van der Waals surface area contributed by atoms with Crippen molar-refractivity contribution in [2.45, 2.75) is 26.1 Å². The molecule has 2 aromatic heterocycles. The Morgan fingerprint density at radius 3 is 2.96 bits per heavy atom. The van der Waals surface area contributed by atoms with Crippen molar-refractivity contribution in [3.63, 3.8) is 0 Å². The molecule has 0 atom stereocenters. The molecule has 0 radical (unpaired) electrons. The summed E-state index contributed by atoms with van der Waals surface area (Å²) in [5.41, 5.74) is 3.71. The van der Waals surface area contributed by atoms with Crippen LogP contribution in [0.25, 0.3) is 11.5 Å². The second-order valence-electron chi connectivity index (χ2n) is 6.34. The fourth-order valence-corrected chi connectivity index (χ4v) is 3.20. The Bertz CT molecular complexity index is 887. The van der Waals surface area contributed by atoms with E-state index in [1.807, 2.05) is 18.3 Å². The maximum atomic E-state index is 11.5. The van der Waals surface area contributed by atoms with Gasteiger partial charge in [-0.1, -0.05) is 12.1 Å². The van der Waals surface area contributed by atoms with Crippen molar-refractivity contribution in [2.75, 3.05) is 13.7 Å². The highest BCUT2D eigenvalue weighted by Gasteiger charge is 2.15. The van der Waals surface area contributed by atoms with E-state index in [0.29, 0.717) is 12.1 Å². The Kier molecular flexibility index (Phi) is 4.53. The predicted octanol–water partition coefficient (Wildman–Crippen LogP) is 2.07. The molecule has 0 fully saturated rings. The molecule has 0 bridgehead atoms. The Hall–Kier alpha value is -2.93. The van der Waals surface area contributed by atoms with Crippen molar-refractivity contribution in [3.05, 3.63) is 59.5 Å². The summed E-state index contributed by atoms with van der Waals surface area (Å²) in [6.45, 7) is 3.45. The van der Waals surface area contributed by atoms with Crippen molar-refractivity contribution >= 4 is 5.97 Å². The molecule has 7 heteroatoms. The molecule has 134 valence electrons. The summed E-state index contributed by atoms with van der Waals surface area (Å²) < 4.78 is 8.88. The van der Waals surface area contributed by atoms with Crippen LogP contribution in [0, 0.1) is 0 Å². The number of rotatable bonds is 4. The molecule has 7 nitrogen and oxygen atoms in total. The SMILES string of the molecule is COC(=O)c1ccc(Cn2ccnc2-c2cc3n(n2)CCCNC3)cc1. The van der Waals surface area contributed by atoms with Crippen molar-refractivity contribution in [2.24, 2.45) is 0 Å². The summed E-state index contributed by atoms with van der Waals surface area (Å²) in [5.74, 6) is 0.524. The number of hydrogen-bond acceptors (Lipinski definition) is 5. The molecule has 0 amide bonds. The van der Waals surface area contributed by atoms with Gasteiger partial charge in [-0.25, -0.2) is 9.78 Å². The van der Waals surface area contributed by atoms with E-state index in [9.17, 15) is 4.79 Å². The summed E-state index contributed by atoms with van der Waals surface area (Å²) in [6, 6.07) is 9.53. The van der Waals surface area contributed by atoms with E-state index in [-0.39, 0.29) is 5.97 Å². The normalized spacial score (nSPS) is 13.9. The van der Waals surface area contributed by atoms with Gasteiger partial charge in [-0.3, -0.25) is 4.68 Å². The van der Waals surface area contributed by atoms with Crippen LogP contribution in [0.4, 0.5) is 0 Å². The molecule has 3 aromatic rings. The van der Waals surface area contributed by atoms with Gasteiger partial charge in [0.25, 0.3) is 0 Å². The van der Waals surface area contributed by atoms with Gasteiger partial charge in [-0.2, -0.15) is 5.10 Å². The van der Waals surface area contributed by atoms with Crippen molar-refractivity contribution in [1.29, 1.82) is 0 Å². The minimum absolute atomic E-state index is 0.326. The smallest absolute Gasteiger partial charge is 0.337 e.